The standard InChI is InChI=1S/C24H31ClFN6O7P/c1-5-36-23(34)14(2)31-40(35,39-16-9-7-6-8-10-16)37-12-24(11-25)19(33)17(26)22(38-24)32-13-28-18-20(27-4)29-15(3)30-21(18)32/h6-10,13-14,17,19,22,33H,5,11-12H2,1-4H3,(H,31,35)(H,27,29,30)/t14-,17+,19-,22+,24+,40?/m0/s1. The van der Waals surface area contributed by atoms with Crippen LogP contribution < -0.4 is 14.9 Å². The molecule has 4 rings (SSSR count). The number of nitrogens with zero attached hydrogens (tertiary/aromatic N) is 4. The van der Waals surface area contributed by atoms with Crippen molar-refractivity contribution in [2.24, 2.45) is 0 Å². The van der Waals surface area contributed by atoms with E-state index in [1.54, 1.807) is 39.1 Å². The third-order valence-electron chi connectivity index (χ3n) is 6.18. The SMILES string of the molecule is CCOC(=O)[C@H](C)NP(=O)(OC[C@@]1(CCl)O[C@@H](n2cnc3c(NC)nc(C)nc32)[C@H](F)[C@@H]1O)Oc1ccccc1. The third-order valence-corrected chi connectivity index (χ3v) is 8.25. The fourth-order valence-corrected chi connectivity index (χ4v) is 5.99. The summed E-state index contributed by atoms with van der Waals surface area (Å²) in [4.78, 5) is 25.1. The minimum Gasteiger partial charge on any atom is -0.465 e. The van der Waals surface area contributed by atoms with E-state index in [1.807, 2.05) is 0 Å². The smallest absolute Gasteiger partial charge is 0.459 e. The Kier molecular flexibility index (Phi) is 9.28. The van der Waals surface area contributed by atoms with Gasteiger partial charge in [-0.3, -0.25) is 13.9 Å². The van der Waals surface area contributed by atoms with E-state index in [2.05, 4.69) is 25.4 Å². The number of rotatable bonds is 12. The Balaban J connectivity index is 1.61. The predicted molar refractivity (Wildman–Crippen MR) is 144 cm³/mol. The summed E-state index contributed by atoms with van der Waals surface area (Å²) in [6, 6.07) is 7.00. The Morgan fingerprint density at radius 2 is 2.08 bits per heavy atom. The molecule has 0 bridgehead atoms. The molecule has 1 fully saturated rings. The van der Waals surface area contributed by atoms with Crippen molar-refractivity contribution in [2.45, 2.75) is 50.9 Å². The summed E-state index contributed by atoms with van der Waals surface area (Å²) in [5, 5.41) is 16.4. The van der Waals surface area contributed by atoms with Crippen molar-refractivity contribution in [3.05, 3.63) is 42.5 Å². The van der Waals surface area contributed by atoms with E-state index in [4.69, 9.17) is 30.1 Å². The molecule has 2 aromatic heterocycles. The van der Waals surface area contributed by atoms with Gasteiger partial charge in [-0.1, -0.05) is 18.2 Å². The van der Waals surface area contributed by atoms with Gasteiger partial charge in [0.1, 0.15) is 29.3 Å². The van der Waals surface area contributed by atoms with Crippen LogP contribution >= 0.6 is 19.3 Å². The minimum atomic E-state index is -4.34. The van der Waals surface area contributed by atoms with Crippen LogP contribution in [0.3, 0.4) is 0 Å². The second kappa shape index (κ2) is 12.3. The molecule has 0 saturated carbocycles. The molecule has 16 heteroatoms. The molecule has 0 amide bonds. The van der Waals surface area contributed by atoms with Gasteiger partial charge in [-0.15, -0.1) is 11.6 Å². The number of nitrogens with one attached hydrogen (secondary N) is 2. The average molecular weight is 601 g/mol. The highest BCUT2D eigenvalue weighted by Crippen LogP contribution is 2.49. The van der Waals surface area contributed by atoms with Gasteiger partial charge >= 0.3 is 13.7 Å². The molecular weight excluding hydrogens is 570 g/mol. The Morgan fingerprint density at radius 3 is 2.73 bits per heavy atom. The first-order chi connectivity index (χ1) is 19.1. The van der Waals surface area contributed by atoms with Crippen molar-refractivity contribution in [3.8, 4) is 5.75 Å². The molecule has 0 radical (unpaired) electrons. The van der Waals surface area contributed by atoms with Crippen LogP contribution in [0.15, 0.2) is 36.7 Å². The number of ether oxygens (including phenoxy) is 2. The molecule has 40 heavy (non-hydrogen) atoms. The van der Waals surface area contributed by atoms with Crippen LogP contribution in [-0.2, 0) is 23.4 Å². The first kappa shape index (κ1) is 30.1. The molecule has 3 heterocycles. The van der Waals surface area contributed by atoms with E-state index in [0.29, 0.717) is 17.2 Å². The number of hydrogen-bond acceptors (Lipinski definition) is 11. The van der Waals surface area contributed by atoms with Crippen LogP contribution in [0.1, 0.15) is 25.9 Å². The number of aliphatic hydroxyl groups excluding tert-OH is 1. The Labute approximate surface area is 234 Å². The van der Waals surface area contributed by atoms with Crippen molar-refractivity contribution in [1.82, 2.24) is 24.6 Å². The van der Waals surface area contributed by atoms with Gasteiger partial charge in [0, 0.05) is 7.05 Å². The van der Waals surface area contributed by atoms with Gasteiger partial charge in [-0.2, -0.15) is 5.09 Å². The van der Waals surface area contributed by atoms with Crippen molar-refractivity contribution in [1.29, 1.82) is 0 Å². The molecule has 3 aromatic rings. The molecule has 1 saturated heterocycles. The number of halogens is 2. The second-order valence-corrected chi connectivity index (χ2v) is 11.0. The molecule has 3 N–H and O–H groups in total. The van der Waals surface area contributed by atoms with Crippen molar-refractivity contribution in [2.75, 3.05) is 31.5 Å². The highest BCUT2D eigenvalue weighted by molar-refractivity contribution is 7.52. The predicted octanol–water partition coefficient (Wildman–Crippen LogP) is 3.13. The number of aromatic nitrogens is 4. The number of imidazole rings is 1. The van der Waals surface area contributed by atoms with Gasteiger partial charge < -0.3 is 24.4 Å². The maximum Gasteiger partial charge on any atom is 0.459 e. The van der Waals surface area contributed by atoms with E-state index in [9.17, 15) is 14.5 Å². The van der Waals surface area contributed by atoms with Crippen LogP contribution in [-0.4, -0.2) is 80.7 Å². The normalized spacial score (nSPS) is 24.9. The van der Waals surface area contributed by atoms with Crippen LogP contribution in [0, 0.1) is 6.92 Å². The lowest BCUT2D eigenvalue weighted by Crippen LogP contribution is -2.48. The summed E-state index contributed by atoms with van der Waals surface area (Å²) in [6.07, 6.45) is -3.87. The summed E-state index contributed by atoms with van der Waals surface area (Å²) >= 11 is 6.21. The Hall–Kier alpha value is -2.87. The van der Waals surface area contributed by atoms with Gasteiger partial charge in [-0.05, 0) is 32.9 Å². The largest absolute Gasteiger partial charge is 0.465 e. The summed E-state index contributed by atoms with van der Waals surface area (Å²) in [6.45, 7) is 4.16. The van der Waals surface area contributed by atoms with E-state index in [1.165, 1.54) is 30.0 Å². The Morgan fingerprint density at radius 1 is 1.35 bits per heavy atom. The number of carbonyl (C=O) groups excluding carboxylic acids is 1. The van der Waals surface area contributed by atoms with Gasteiger partial charge in [0.2, 0.25) is 0 Å². The molecule has 0 spiro atoms. The number of fused-ring (bicyclic) bond motifs is 1. The number of aliphatic hydroxyl groups is 1. The molecule has 1 unspecified atom stereocenters. The first-order valence-electron chi connectivity index (χ1n) is 12.4. The van der Waals surface area contributed by atoms with E-state index < -0.39 is 56.3 Å². The summed E-state index contributed by atoms with van der Waals surface area (Å²) in [5.41, 5.74) is -1.22. The van der Waals surface area contributed by atoms with Crippen molar-refractivity contribution >= 4 is 42.3 Å². The van der Waals surface area contributed by atoms with Gasteiger partial charge in [0.15, 0.2) is 29.4 Å². The van der Waals surface area contributed by atoms with E-state index >= 15 is 4.39 Å². The third kappa shape index (κ3) is 6.07. The molecule has 1 aliphatic heterocycles. The lowest BCUT2D eigenvalue weighted by atomic mass is 9.99. The monoisotopic (exact) mass is 600 g/mol. The summed E-state index contributed by atoms with van der Waals surface area (Å²) in [5.74, 6) is -0.125. The molecule has 1 aliphatic rings. The molecule has 13 nitrogen and oxygen atoms in total. The summed E-state index contributed by atoms with van der Waals surface area (Å²) < 4.78 is 53.0. The second-order valence-electron chi connectivity index (χ2n) is 9.07. The maximum atomic E-state index is 15.6. The first-order valence-corrected chi connectivity index (χ1v) is 14.5. The van der Waals surface area contributed by atoms with Gasteiger partial charge in [0.25, 0.3) is 0 Å². The minimum absolute atomic E-state index is 0.105. The zero-order valence-electron chi connectivity index (χ0n) is 22.3. The molecular formula is C24H31ClFN6O7P. The highest BCUT2D eigenvalue weighted by Gasteiger charge is 2.57. The fourth-order valence-electron chi connectivity index (χ4n) is 4.15. The number of carbonyl (C=O) groups is 1. The number of benzene rings is 1. The number of esters is 1. The van der Waals surface area contributed by atoms with Crippen LogP contribution in [0.5, 0.6) is 5.75 Å². The maximum absolute atomic E-state index is 15.6. The quantitative estimate of drug-likeness (QED) is 0.159. The zero-order valence-corrected chi connectivity index (χ0v) is 23.9. The molecule has 218 valence electrons. The van der Waals surface area contributed by atoms with Crippen molar-refractivity contribution in [3.63, 3.8) is 0 Å². The highest BCUT2D eigenvalue weighted by atomic mass is 35.5. The van der Waals surface area contributed by atoms with Gasteiger partial charge in [-0.25, -0.2) is 23.9 Å². The molecule has 1 aromatic carbocycles. The summed E-state index contributed by atoms with van der Waals surface area (Å²) in [7, 11) is -2.67. The molecule has 6 atom stereocenters. The topological polar surface area (TPSA) is 159 Å². The number of alkyl halides is 2. The number of aryl methyl sites for hydroxylation is 1. The fraction of sp³-hybridized carbons (Fsp3) is 0.500. The number of para-hydroxylation sites is 1. The lowest BCUT2D eigenvalue weighted by molar-refractivity contribution is -0.144. The van der Waals surface area contributed by atoms with Crippen molar-refractivity contribution < 1.29 is 37.4 Å². The van der Waals surface area contributed by atoms with Crippen LogP contribution in [0.25, 0.3) is 11.2 Å². The van der Waals surface area contributed by atoms with Crippen LogP contribution in [0.4, 0.5) is 10.2 Å². The average Bonchev–Trinajstić information content (AvgIpc) is 3.46. The van der Waals surface area contributed by atoms with E-state index in [0.717, 1.165) is 0 Å². The lowest BCUT2D eigenvalue weighted by Gasteiger charge is -2.31. The Bertz CT molecular complexity index is 1380. The number of hydrogen-bond donors (Lipinski definition) is 3. The zero-order chi connectivity index (χ0) is 29.1. The number of anilines is 1. The van der Waals surface area contributed by atoms with Gasteiger partial charge in [0.05, 0.1) is 25.4 Å². The van der Waals surface area contributed by atoms with Crippen LogP contribution in [0.2, 0.25) is 0 Å². The molecule has 0 aliphatic carbocycles. The van der Waals surface area contributed by atoms with E-state index in [-0.39, 0.29) is 18.0 Å².